The van der Waals surface area contributed by atoms with Crippen molar-refractivity contribution in [1.29, 1.82) is 0 Å². The van der Waals surface area contributed by atoms with Gasteiger partial charge in [0.25, 0.3) is 11.5 Å². The second-order valence-corrected chi connectivity index (χ2v) is 8.03. The lowest BCUT2D eigenvalue weighted by atomic mass is 10.1. The number of aromatic amines is 1. The van der Waals surface area contributed by atoms with Crippen LogP contribution in [-0.2, 0) is 23.3 Å². The van der Waals surface area contributed by atoms with Crippen LogP contribution in [0.2, 0.25) is 0 Å². The van der Waals surface area contributed by atoms with Gasteiger partial charge >= 0.3 is 0 Å². The van der Waals surface area contributed by atoms with E-state index in [1.165, 1.54) is 4.57 Å². The number of aryl methyl sites for hydroxylation is 1. The van der Waals surface area contributed by atoms with E-state index in [-0.39, 0.29) is 12.2 Å². The van der Waals surface area contributed by atoms with Gasteiger partial charge in [0, 0.05) is 23.6 Å². The number of rotatable bonds is 6. The van der Waals surface area contributed by atoms with Crippen LogP contribution in [0, 0.1) is 0 Å². The number of carbonyl (C=O) groups excluding carboxylic acids is 1. The Hall–Kier alpha value is -3.33. The Balaban J connectivity index is 1.44. The van der Waals surface area contributed by atoms with Gasteiger partial charge in [0.15, 0.2) is 5.69 Å². The Morgan fingerprint density at radius 3 is 3.00 bits per heavy atom. The van der Waals surface area contributed by atoms with Crippen molar-refractivity contribution >= 4 is 16.8 Å². The van der Waals surface area contributed by atoms with E-state index in [2.05, 4.69) is 15.3 Å². The van der Waals surface area contributed by atoms with Crippen LogP contribution in [-0.4, -0.2) is 45.8 Å². The largest absolute Gasteiger partial charge is 0.501 e. The van der Waals surface area contributed by atoms with Crippen molar-refractivity contribution < 1.29 is 19.4 Å². The van der Waals surface area contributed by atoms with Gasteiger partial charge in [0.2, 0.25) is 5.75 Å². The minimum Gasteiger partial charge on any atom is -0.501 e. The molecule has 0 saturated carbocycles. The summed E-state index contributed by atoms with van der Waals surface area (Å²) in [5.41, 5.74) is 0.422. The fourth-order valence-electron chi connectivity index (χ4n) is 3.88. The third kappa shape index (κ3) is 3.88. The minimum absolute atomic E-state index is 0.272. The predicted octanol–water partition coefficient (Wildman–Crippen LogP) is 2.07. The summed E-state index contributed by atoms with van der Waals surface area (Å²) in [7, 11) is 1.63. The number of hydrogen-bond donors (Lipinski definition) is 3. The molecule has 0 atom stereocenters. The molecule has 9 nitrogen and oxygen atoms in total. The third-order valence-electron chi connectivity index (χ3n) is 5.56. The number of fused-ring (bicyclic) bond motifs is 2. The van der Waals surface area contributed by atoms with Crippen molar-refractivity contribution in [2.45, 2.75) is 38.8 Å². The number of carbonyl (C=O) groups is 1. The smallest absolute Gasteiger partial charge is 0.296 e. The molecule has 1 aliphatic rings. The molecule has 0 radical (unpaired) electrons. The SMILES string of the molecule is COc1ccc2[nH]cc(CCCNC(=O)c3nc4n(c(=O)c3O)CCOC4(C)C)c2c1. The highest BCUT2D eigenvalue weighted by molar-refractivity contribution is 5.94. The number of amides is 1. The Kier molecular flexibility index (Phi) is 5.45. The van der Waals surface area contributed by atoms with Crippen LogP contribution >= 0.6 is 0 Å². The molecule has 1 aliphatic heterocycles. The Morgan fingerprint density at radius 1 is 1.42 bits per heavy atom. The maximum atomic E-state index is 12.6. The van der Waals surface area contributed by atoms with Crippen LogP contribution in [0.1, 0.15) is 42.1 Å². The van der Waals surface area contributed by atoms with Crippen molar-refractivity contribution in [2.24, 2.45) is 0 Å². The lowest BCUT2D eigenvalue weighted by molar-refractivity contribution is -0.0566. The van der Waals surface area contributed by atoms with E-state index in [4.69, 9.17) is 9.47 Å². The number of methoxy groups -OCH3 is 1. The van der Waals surface area contributed by atoms with Crippen LogP contribution in [0.25, 0.3) is 10.9 Å². The summed E-state index contributed by atoms with van der Waals surface area (Å²) >= 11 is 0. The monoisotopic (exact) mass is 426 g/mol. The molecule has 3 N–H and O–H groups in total. The molecule has 1 aromatic carbocycles. The molecule has 0 aliphatic carbocycles. The number of ether oxygens (including phenoxy) is 2. The second kappa shape index (κ2) is 8.07. The van der Waals surface area contributed by atoms with Crippen LogP contribution < -0.4 is 15.6 Å². The van der Waals surface area contributed by atoms with Gasteiger partial charge in [-0.1, -0.05) is 0 Å². The van der Waals surface area contributed by atoms with E-state index < -0.39 is 22.8 Å². The van der Waals surface area contributed by atoms with Crippen molar-refractivity contribution in [3.05, 3.63) is 51.8 Å². The number of aromatic hydroxyl groups is 1. The molecular weight excluding hydrogens is 400 g/mol. The summed E-state index contributed by atoms with van der Waals surface area (Å²) in [5.74, 6) is -0.101. The fraction of sp³-hybridized carbons (Fsp3) is 0.409. The van der Waals surface area contributed by atoms with Crippen LogP contribution in [0.15, 0.2) is 29.2 Å². The number of benzene rings is 1. The second-order valence-electron chi connectivity index (χ2n) is 8.03. The van der Waals surface area contributed by atoms with Gasteiger partial charge in [-0.3, -0.25) is 14.2 Å². The number of hydrogen-bond acceptors (Lipinski definition) is 6. The number of H-pyrrole nitrogens is 1. The highest BCUT2D eigenvalue weighted by Crippen LogP contribution is 2.27. The summed E-state index contributed by atoms with van der Waals surface area (Å²) in [4.78, 5) is 32.6. The highest BCUT2D eigenvalue weighted by atomic mass is 16.5. The average Bonchev–Trinajstić information content (AvgIpc) is 3.15. The van der Waals surface area contributed by atoms with Gasteiger partial charge in [-0.2, -0.15) is 0 Å². The number of aromatic nitrogens is 3. The average molecular weight is 426 g/mol. The van der Waals surface area contributed by atoms with Crippen molar-refractivity contribution in [2.75, 3.05) is 20.3 Å². The molecule has 0 unspecified atom stereocenters. The van der Waals surface area contributed by atoms with Crippen molar-refractivity contribution in [1.82, 2.24) is 19.9 Å². The molecule has 0 bridgehead atoms. The third-order valence-corrected chi connectivity index (χ3v) is 5.56. The highest BCUT2D eigenvalue weighted by Gasteiger charge is 2.34. The zero-order valence-electron chi connectivity index (χ0n) is 17.8. The molecule has 1 amide bonds. The number of nitrogens with zero attached hydrogens (tertiary/aromatic N) is 2. The quantitative estimate of drug-likeness (QED) is 0.519. The predicted molar refractivity (Wildman–Crippen MR) is 115 cm³/mol. The van der Waals surface area contributed by atoms with Crippen LogP contribution in [0.3, 0.4) is 0 Å². The van der Waals surface area contributed by atoms with Crippen LogP contribution in [0.5, 0.6) is 11.5 Å². The molecule has 0 fully saturated rings. The Morgan fingerprint density at radius 2 is 2.23 bits per heavy atom. The molecule has 4 rings (SSSR count). The first-order valence-corrected chi connectivity index (χ1v) is 10.2. The summed E-state index contributed by atoms with van der Waals surface area (Å²) in [6.45, 7) is 4.55. The molecule has 2 aromatic heterocycles. The zero-order valence-corrected chi connectivity index (χ0v) is 17.8. The Labute approximate surface area is 179 Å². The van der Waals surface area contributed by atoms with E-state index in [0.717, 1.165) is 28.6 Å². The van der Waals surface area contributed by atoms with E-state index >= 15 is 0 Å². The summed E-state index contributed by atoms with van der Waals surface area (Å²) in [6, 6.07) is 5.84. The molecule has 3 heterocycles. The number of nitrogens with one attached hydrogen (secondary N) is 2. The Bertz CT molecular complexity index is 1190. The van der Waals surface area contributed by atoms with Gasteiger partial charge in [-0.15, -0.1) is 0 Å². The van der Waals surface area contributed by atoms with E-state index in [0.29, 0.717) is 25.4 Å². The minimum atomic E-state index is -0.823. The topological polar surface area (TPSA) is 118 Å². The van der Waals surface area contributed by atoms with Crippen LogP contribution in [0.4, 0.5) is 0 Å². The van der Waals surface area contributed by atoms with Crippen molar-refractivity contribution in [3.63, 3.8) is 0 Å². The van der Waals surface area contributed by atoms with E-state index in [1.54, 1.807) is 21.0 Å². The molecule has 3 aromatic rings. The first-order chi connectivity index (χ1) is 14.8. The van der Waals surface area contributed by atoms with Gasteiger partial charge in [0.05, 0.1) is 20.3 Å². The maximum Gasteiger partial charge on any atom is 0.296 e. The first kappa shape index (κ1) is 20.9. The van der Waals surface area contributed by atoms with E-state index in [1.807, 2.05) is 24.4 Å². The molecule has 0 spiro atoms. The van der Waals surface area contributed by atoms with Gasteiger partial charge in [0.1, 0.15) is 17.2 Å². The summed E-state index contributed by atoms with van der Waals surface area (Å²) in [5, 5.41) is 14.1. The zero-order chi connectivity index (χ0) is 22.2. The standard InChI is InChI=1S/C22H26N4O5/c1-22(2)21-25-17(18(27)20(29)26(21)9-10-31-22)19(28)23-8-4-5-13-12-24-16-7-6-14(30-3)11-15(13)16/h6-7,11-12,24,27H,4-5,8-10H2,1-3H3,(H,23,28). The van der Waals surface area contributed by atoms with Gasteiger partial charge in [-0.25, -0.2) is 4.98 Å². The summed E-state index contributed by atoms with van der Waals surface area (Å²) < 4.78 is 12.3. The lowest BCUT2D eigenvalue weighted by Crippen LogP contribution is -2.42. The van der Waals surface area contributed by atoms with Gasteiger partial charge < -0.3 is 24.9 Å². The van der Waals surface area contributed by atoms with Crippen molar-refractivity contribution in [3.8, 4) is 11.5 Å². The lowest BCUT2D eigenvalue weighted by Gasteiger charge is -2.32. The molecule has 9 heteroatoms. The normalized spacial score (nSPS) is 14.9. The molecule has 31 heavy (non-hydrogen) atoms. The maximum absolute atomic E-state index is 12.6. The van der Waals surface area contributed by atoms with E-state index in [9.17, 15) is 14.7 Å². The summed E-state index contributed by atoms with van der Waals surface area (Å²) in [6.07, 6.45) is 3.36. The first-order valence-electron chi connectivity index (χ1n) is 10.2. The molecule has 0 saturated heterocycles. The van der Waals surface area contributed by atoms with Gasteiger partial charge in [-0.05, 0) is 50.5 Å². The molecular formula is C22H26N4O5. The molecule has 164 valence electrons. The fourth-order valence-corrected chi connectivity index (χ4v) is 3.88.